The molecule has 0 amide bonds. The molecular weight excluding hydrogens is 242 g/mol. The van der Waals surface area contributed by atoms with Crippen LogP contribution in [0.5, 0.6) is 11.8 Å². The molecule has 1 N–H and O–H groups in total. The third-order valence-electron chi connectivity index (χ3n) is 2.89. The quantitative estimate of drug-likeness (QED) is 0.784. The van der Waals surface area contributed by atoms with Gasteiger partial charge >= 0.3 is 0 Å². The van der Waals surface area contributed by atoms with Crippen LogP contribution in [0.2, 0.25) is 0 Å². The SMILES string of the molecule is COc1cc(OC)nc(NC(C)CCCC(C)C)n1. The van der Waals surface area contributed by atoms with Gasteiger partial charge in [0.05, 0.1) is 20.3 Å². The molecule has 0 aliphatic carbocycles. The highest BCUT2D eigenvalue weighted by Crippen LogP contribution is 2.18. The van der Waals surface area contributed by atoms with Crippen LogP contribution in [0, 0.1) is 5.92 Å². The Morgan fingerprint density at radius 2 is 1.63 bits per heavy atom. The smallest absolute Gasteiger partial charge is 0.229 e. The largest absolute Gasteiger partial charge is 0.481 e. The molecule has 0 aliphatic heterocycles. The second kappa shape index (κ2) is 7.81. The van der Waals surface area contributed by atoms with Crippen molar-refractivity contribution in [2.45, 2.75) is 46.1 Å². The van der Waals surface area contributed by atoms with Crippen molar-refractivity contribution in [1.82, 2.24) is 9.97 Å². The predicted molar refractivity (Wildman–Crippen MR) is 76.9 cm³/mol. The topological polar surface area (TPSA) is 56.3 Å². The van der Waals surface area contributed by atoms with Crippen molar-refractivity contribution >= 4 is 5.95 Å². The minimum absolute atomic E-state index is 0.329. The fraction of sp³-hybridized carbons (Fsp3) is 0.714. The van der Waals surface area contributed by atoms with Crippen LogP contribution >= 0.6 is 0 Å². The molecule has 1 atom stereocenters. The Labute approximate surface area is 115 Å². The maximum absolute atomic E-state index is 5.12. The van der Waals surface area contributed by atoms with E-state index in [1.807, 2.05) is 0 Å². The lowest BCUT2D eigenvalue weighted by Crippen LogP contribution is -2.17. The maximum Gasteiger partial charge on any atom is 0.229 e. The van der Waals surface area contributed by atoms with Crippen LogP contribution in [0.3, 0.4) is 0 Å². The Hall–Kier alpha value is -1.52. The summed E-state index contributed by atoms with van der Waals surface area (Å²) >= 11 is 0. The first-order valence-corrected chi connectivity index (χ1v) is 6.78. The standard InChI is InChI=1S/C14H25N3O2/c1-10(2)7-6-8-11(3)15-14-16-12(18-4)9-13(17-14)19-5/h9-11H,6-8H2,1-5H3,(H,15,16,17). The number of nitrogens with zero attached hydrogens (tertiary/aromatic N) is 2. The Morgan fingerprint density at radius 1 is 1.05 bits per heavy atom. The van der Waals surface area contributed by atoms with Gasteiger partial charge in [-0.15, -0.1) is 0 Å². The van der Waals surface area contributed by atoms with Crippen molar-refractivity contribution in [2.75, 3.05) is 19.5 Å². The molecule has 19 heavy (non-hydrogen) atoms. The average molecular weight is 267 g/mol. The number of hydrogen-bond acceptors (Lipinski definition) is 5. The van der Waals surface area contributed by atoms with E-state index in [0.717, 1.165) is 12.3 Å². The summed E-state index contributed by atoms with van der Waals surface area (Å²) < 4.78 is 10.2. The Kier molecular flexibility index (Phi) is 6.39. The van der Waals surface area contributed by atoms with Crippen molar-refractivity contribution in [1.29, 1.82) is 0 Å². The number of ether oxygens (including phenoxy) is 2. The zero-order valence-electron chi connectivity index (χ0n) is 12.6. The van der Waals surface area contributed by atoms with Gasteiger partial charge in [0.25, 0.3) is 0 Å². The summed E-state index contributed by atoms with van der Waals surface area (Å²) in [7, 11) is 3.16. The molecule has 5 heteroatoms. The number of rotatable bonds is 8. The van der Waals surface area contributed by atoms with Crippen molar-refractivity contribution in [2.24, 2.45) is 5.92 Å². The van der Waals surface area contributed by atoms with Gasteiger partial charge in [-0.05, 0) is 19.3 Å². The molecule has 0 radical (unpaired) electrons. The van der Waals surface area contributed by atoms with E-state index in [1.165, 1.54) is 12.8 Å². The minimum atomic E-state index is 0.329. The minimum Gasteiger partial charge on any atom is -0.481 e. The molecule has 5 nitrogen and oxygen atoms in total. The van der Waals surface area contributed by atoms with Crippen LogP contribution in [0.4, 0.5) is 5.95 Å². The van der Waals surface area contributed by atoms with Gasteiger partial charge in [0, 0.05) is 6.04 Å². The van der Waals surface area contributed by atoms with Gasteiger partial charge in [0.2, 0.25) is 17.7 Å². The highest BCUT2D eigenvalue weighted by atomic mass is 16.5. The molecule has 1 aromatic rings. The van der Waals surface area contributed by atoms with Crippen LogP contribution in [-0.4, -0.2) is 30.2 Å². The lowest BCUT2D eigenvalue weighted by molar-refractivity contribution is 0.372. The van der Waals surface area contributed by atoms with Crippen LogP contribution < -0.4 is 14.8 Å². The van der Waals surface area contributed by atoms with Crippen molar-refractivity contribution in [3.8, 4) is 11.8 Å². The fourth-order valence-electron chi connectivity index (χ4n) is 1.80. The van der Waals surface area contributed by atoms with Gasteiger partial charge in [-0.3, -0.25) is 0 Å². The summed E-state index contributed by atoms with van der Waals surface area (Å²) in [4.78, 5) is 8.52. The fourth-order valence-corrected chi connectivity index (χ4v) is 1.80. The molecule has 1 aromatic heterocycles. The third kappa shape index (κ3) is 5.77. The summed E-state index contributed by atoms with van der Waals surface area (Å²) in [6.07, 6.45) is 3.54. The number of hydrogen-bond donors (Lipinski definition) is 1. The van der Waals surface area contributed by atoms with Gasteiger partial charge in [0.15, 0.2) is 0 Å². The van der Waals surface area contributed by atoms with E-state index in [-0.39, 0.29) is 0 Å². The van der Waals surface area contributed by atoms with Crippen molar-refractivity contribution in [3.63, 3.8) is 0 Å². The first-order valence-electron chi connectivity index (χ1n) is 6.78. The zero-order valence-corrected chi connectivity index (χ0v) is 12.6. The first-order chi connectivity index (χ1) is 9.05. The van der Waals surface area contributed by atoms with Gasteiger partial charge in [-0.2, -0.15) is 9.97 Å². The molecule has 0 saturated carbocycles. The van der Waals surface area contributed by atoms with E-state index in [4.69, 9.17) is 9.47 Å². The number of methoxy groups -OCH3 is 2. The zero-order chi connectivity index (χ0) is 14.3. The third-order valence-corrected chi connectivity index (χ3v) is 2.89. The Bertz CT molecular complexity index is 361. The molecule has 1 rings (SSSR count). The number of nitrogens with one attached hydrogen (secondary N) is 1. The normalized spacial score (nSPS) is 12.3. The van der Waals surface area contributed by atoms with E-state index in [0.29, 0.717) is 23.8 Å². The predicted octanol–water partition coefficient (Wildman–Crippen LogP) is 3.12. The average Bonchev–Trinajstić information content (AvgIpc) is 2.37. The van der Waals surface area contributed by atoms with Crippen molar-refractivity contribution in [3.05, 3.63) is 6.07 Å². The highest BCUT2D eigenvalue weighted by molar-refractivity contribution is 5.34. The highest BCUT2D eigenvalue weighted by Gasteiger charge is 2.08. The molecule has 0 saturated heterocycles. The second-order valence-corrected chi connectivity index (χ2v) is 5.15. The molecule has 0 aromatic carbocycles. The molecular formula is C14H25N3O2. The van der Waals surface area contributed by atoms with Crippen LogP contribution in [0.15, 0.2) is 6.07 Å². The van der Waals surface area contributed by atoms with Gasteiger partial charge in [-0.1, -0.05) is 26.7 Å². The second-order valence-electron chi connectivity index (χ2n) is 5.15. The molecule has 0 spiro atoms. The molecule has 0 fully saturated rings. The van der Waals surface area contributed by atoms with E-state index in [9.17, 15) is 0 Å². The van der Waals surface area contributed by atoms with E-state index >= 15 is 0 Å². The van der Waals surface area contributed by atoms with Crippen LogP contribution in [0.1, 0.15) is 40.0 Å². The summed E-state index contributed by atoms with van der Waals surface area (Å²) in [5.74, 6) is 2.31. The van der Waals surface area contributed by atoms with E-state index in [1.54, 1.807) is 20.3 Å². The van der Waals surface area contributed by atoms with Crippen LogP contribution in [-0.2, 0) is 0 Å². The van der Waals surface area contributed by atoms with Gasteiger partial charge in [0.1, 0.15) is 0 Å². The maximum atomic E-state index is 5.12. The van der Waals surface area contributed by atoms with Gasteiger partial charge in [-0.25, -0.2) is 0 Å². The van der Waals surface area contributed by atoms with Crippen molar-refractivity contribution < 1.29 is 9.47 Å². The summed E-state index contributed by atoms with van der Waals surface area (Å²) in [5.41, 5.74) is 0. The Morgan fingerprint density at radius 3 is 2.11 bits per heavy atom. The van der Waals surface area contributed by atoms with Crippen LogP contribution in [0.25, 0.3) is 0 Å². The number of anilines is 1. The van der Waals surface area contributed by atoms with E-state index < -0.39 is 0 Å². The molecule has 0 bridgehead atoms. The van der Waals surface area contributed by atoms with Gasteiger partial charge < -0.3 is 14.8 Å². The van der Waals surface area contributed by atoms with E-state index in [2.05, 4.69) is 36.1 Å². The first kappa shape index (κ1) is 15.5. The molecule has 108 valence electrons. The lowest BCUT2D eigenvalue weighted by Gasteiger charge is -2.15. The summed E-state index contributed by atoms with van der Waals surface area (Å²) in [6, 6.07) is 1.99. The Balaban J connectivity index is 2.55. The summed E-state index contributed by atoms with van der Waals surface area (Å²) in [5, 5.41) is 3.28. The summed E-state index contributed by atoms with van der Waals surface area (Å²) in [6.45, 7) is 6.62. The lowest BCUT2D eigenvalue weighted by atomic mass is 10.0. The number of aromatic nitrogens is 2. The monoisotopic (exact) mass is 267 g/mol. The molecule has 1 heterocycles. The molecule has 0 aliphatic rings. The molecule has 1 unspecified atom stereocenters.